The van der Waals surface area contributed by atoms with Crippen LogP contribution in [0, 0.1) is 0 Å². The van der Waals surface area contributed by atoms with E-state index >= 15 is 0 Å². The van der Waals surface area contributed by atoms with E-state index in [1.54, 1.807) is 11.3 Å². The number of hydrogen-bond donors (Lipinski definition) is 0. The molecule has 106 valence electrons. The number of aromatic nitrogens is 1. The van der Waals surface area contributed by atoms with Crippen LogP contribution in [0.4, 0.5) is 10.8 Å². The maximum Gasteiger partial charge on any atom is 0.185 e. The Labute approximate surface area is 132 Å². The molecule has 1 aromatic heterocycles. The van der Waals surface area contributed by atoms with Crippen LogP contribution in [0.5, 0.6) is 0 Å². The highest BCUT2D eigenvalue weighted by molar-refractivity contribution is 7.13. The fourth-order valence-corrected chi connectivity index (χ4v) is 3.71. The molecule has 2 heterocycles. The second-order valence-corrected chi connectivity index (χ2v) is 6.19. The Morgan fingerprint density at radius 1 is 1.10 bits per heavy atom. The first-order chi connectivity index (χ1) is 9.78. The highest BCUT2D eigenvalue weighted by Crippen LogP contribution is 2.28. The third kappa shape index (κ3) is 2.87. The van der Waals surface area contributed by atoms with Gasteiger partial charge in [0.05, 0.1) is 22.3 Å². The van der Waals surface area contributed by atoms with Gasteiger partial charge in [0, 0.05) is 31.6 Å². The molecule has 0 aliphatic carbocycles. The molecule has 1 saturated heterocycles. The van der Waals surface area contributed by atoms with Gasteiger partial charge in [-0.2, -0.15) is 0 Å². The maximum absolute atomic E-state index is 6.25. The molecule has 3 rings (SSSR count). The van der Waals surface area contributed by atoms with Gasteiger partial charge in [0.15, 0.2) is 5.13 Å². The average Bonchev–Trinajstić information content (AvgIpc) is 2.97. The highest BCUT2D eigenvalue weighted by Gasteiger charge is 2.20. The molecule has 6 heteroatoms. The Hall–Kier alpha value is -0.970. The minimum Gasteiger partial charge on any atom is -0.367 e. The van der Waals surface area contributed by atoms with E-state index in [0.29, 0.717) is 5.88 Å². The second kappa shape index (κ2) is 6.20. The molecular formula is C14H15Cl2N3S. The van der Waals surface area contributed by atoms with E-state index in [9.17, 15) is 0 Å². The SMILES string of the molecule is ClCc1csc(N2CCN(c3ccccc3Cl)CC2)n1. The molecule has 0 atom stereocenters. The molecule has 3 nitrogen and oxygen atoms in total. The van der Waals surface area contributed by atoms with Gasteiger partial charge in [0.25, 0.3) is 0 Å². The topological polar surface area (TPSA) is 19.4 Å². The summed E-state index contributed by atoms with van der Waals surface area (Å²) in [7, 11) is 0. The summed E-state index contributed by atoms with van der Waals surface area (Å²) in [6.07, 6.45) is 0. The zero-order valence-corrected chi connectivity index (χ0v) is 13.3. The van der Waals surface area contributed by atoms with Crippen molar-refractivity contribution in [2.75, 3.05) is 36.0 Å². The van der Waals surface area contributed by atoms with E-state index in [1.165, 1.54) is 0 Å². The lowest BCUT2D eigenvalue weighted by atomic mass is 10.2. The van der Waals surface area contributed by atoms with Gasteiger partial charge in [-0.05, 0) is 12.1 Å². The van der Waals surface area contributed by atoms with Gasteiger partial charge in [-0.3, -0.25) is 0 Å². The zero-order valence-electron chi connectivity index (χ0n) is 10.9. The molecule has 0 saturated carbocycles. The predicted octanol–water partition coefficient (Wildman–Crippen LogP) is 3.86. The second-order valence-electron chi connectivity index (χ2n) is 4.68. The molecular weight excluding hydrogens is 313 g/mol. The standard InChI is InChI=1S/C14H15Cl2N3S/c15-9-11-10-20-14(17-11)19-7-5-18(6-8-19)13-4-2-1-3-12(13)16/h1-4,10H,5-9H2. The number of rotatable bonds is 3. The van der Waals surface area contributed by atoms with Crippen molar-refractivity contribution in [2.45, 2.75) is 5.88 Å². The van der Waals surface area contributed by atoms with Crippen LogP contribution in [0.1, 0.15) is 5.69 Å². The van der Waals surface area contributed by atoms with Crippen LogP contribution in [-0.4, -0.2) is 31.2 Å². The number of anilines is 2. The predicted molar refractivity (Wildman–Crippen MR) is 87.5 cm³/mol. The van der Waals surface area contributed by atoms with Gasteiger partial charge < -0.3 is 9.80 Å². The quantitative estimate of drug-likeness (QED) is 0.798. The summed E-state index contributed by atoms with van der Waals surface area (Å²) in [5.74, 6) is 0.482. The lowest BCUT2D eigenvalue weighted by Gasteiger charge is -2.36. The van der Waals surface area contributed by atoms with Gasteiger partial charge >= 0.3 is 0 Å². The van der Waals surface area contributed by atoms with E-state index in [2.05, 4.69) is 20.9 Å². The summed E-state index contributed by atoms with van der Waals surface area (Å²) >= 11 is 13.7. The minimum absolute atomic E-state index is 0.482. The molecule has 1 aliphatic rings. The van der Waals surface area contributed by atoms with Gasteiger partial charge in [-0.25, -0.2) is 4.98 Å². The Kier molecular flexibility index (Phi) is 4.34. The molecule has 0 radical (unpaired) electrons. The van der Waals surface area contributed by atoms with E-state index in [1.807, 2.05) is 23.6 Å². The van der Waals surface area contributed by atoms with Crippen molar-refractivity contribution in [1.29, 1.82) is 0 Å². The number of para-hydroxylation sites is 1. The number of hydrogen-bond acceptors (Lipinski definition) is 4. The summed E-state index contributed by atoms with van der Waals surface area (Å²) in [6.45, 7) is 3.83. The summed E-state index contributed by atoms with van der Waals surface area (Å²) in [5, 5.41) is 3.92. The third-order valence-electron chi connectivity index (χ3n) is 3.42. The van der Waals surface area contributed by atoms with E-state index < -0.39 is 0 Å². The van der Waals surface area contributed by atoms with Crippen molar-refractivity contribution >= 4 is 45.4 Å². The van der Waals surface area contributed by atoms with Crippen LogP contribution < -0.4 is 9.80 Å². The monoisotopic (exact) mass is 327 g/mol. The zero-order chi connectivity index (χ0) is 13.9. The third-order valence-corrected chi connectivity index (χ3v) is 4.96. The molecule has 2 aromatic rings. The molecule has 20 heavy (non-hydrogen) atoms. The van der Waals surface area contributed by atoms with E-state index in [4.69, 9.17) is 23.2 Å². The van der Waals surface area contributed by atoms with Crippen LogP contribution in [0.25, 0.3) is 0 Å². The molecule has 1 fully saturated rings. The molecule has 0 spiro atoms. The fraction of sp³-hybridized carbons (Fsp3) is 0.357. The summed E-state index contributed by atoms with van der Waals surface area (Å²) in [6, 6.07) is 8.01. The lowest BCUT2D eigenvalue weighted by Crippen LogP contribution is -2.46. The highest BCUT2D eigenvalue weighted by atomic mass is 35.5. The van der Waals surface area contributed by atoms with Crippen molar-refractivity contribution in [3.63, 3.8) is 0 Å². The summed E-state index contributed by atoms with van der Waals surface area (Å²) in [5.41, 5.74) is 2.08. The fourth-order valence-electron chi connectivity index (χ4n) is 2.35. The van der Waals surface area contributed by atoms with Gasteiger partial charge in [0.2, 0.25) is 0 Å². The normalized spacial score (nSPS) is 15.7. The number of benzene rings is 1. The largest absolute Gasteiger partial charge is 0.367 e. The van der Waals surface area contributed by atoms with Gasteiger partial charge in [-0.15, -0.1) is 22.9 Å². The smallest absolute Gasteiger partial charge is 0.185 e. The molecule has 0 amide bonds. The van der Waals surface area contributed by atoms with Crippen molar-refractivity contribution in [2.24, 2.45) is 0 Å². The van der Waals surface area contributed by atoms with Crippen molar-refractivity contribution in [3.05, 3.63) is 40.4 Å². The van der Waals surface area contributed by atoms with E-state index in [0.717, 1.165) is 47.7 Å². The number of piperazine rings is 1. The summed E-state index contributed by atoms with van der Waals surface area (Å²) < 4.78 is 0. The number of alkyl halides is 1. The first-order valence-corrected chi connectivity index (χ1v) is 8.32. The van der Waals surface area contributed by atoms with E-state index in [-0.39, 0.29) is 0 Å². The van der Waals surface area contributed by atoms with Crippen molar-refractivity contribution in [1.82, 2.24) is 4.98 Å². The van der Waals surface area contributed by atoms with Gasteiger partial charge in [0.1, 0.15) is 0 Å². The Morgan fingerprint density at radius 2 is 1.80 bits per heavy atom. The number of nitrogens with zero attached hydrogens (tertiary/aromatic N) is 3. The van der Waals surface area contributed by atoms with Crippen molar-refractivity contribution < 1.29 is 0 Å². The number of thiazole rings is 1. The first kappa shape index (κ1) is 14.0. The van der Waals surface area contributed by atoms with Gasteiger partial charge in [-0.1, -0.05) is 23.7 Å². The first-order valence-electron chi connectivity index (χ1n) is 6.52. The summed E-state index contributed by atoms with van der Waals surface area (Å²) in [4.78, 5) is 9.18. The lowest BCUT2D eigenvalue weighted by molar-refractivity contribution is 0.651. The Bertz CT molecular complexity index is 579. The van der Waals surface area contributed by atoms with Crippen LogP contribution in [0.2, 0.25) is 5.02 Å². The molecule has 0 unspecified atom stereocenters. The number of halogens is 2. The van der Waals surface area contributed by atoms with Crippen molar-refractivity contribution in [3.8, 4) is 0 Å². The maximum atomic E-state index is 6.25. The molecule has 1 aromatic carbocycles. The molecule has 0 N–H and O–H groups in total. The Balaban J connectivity index is 1.66. The van der Waals surface area contributed by atoms with Crippen LogP contribution in [-0.2, 0) is 5.88 Å². The minimum atomic E-state index is 0.482. The molecule has 0 bridgehead atoms. The molecule has 1 aliphatic heterocycles. The Morgan fingerprint density at radius 3 is 2.45 bits per heavy atom. The van der Waals surface area contributed by atoms with Crippen LogP contribution in [0.15, 0.2) is 29.6 Å². The van der Waals surface area contributed by atoms with Crippen LogP contribution >= 0.6 is 34.5 Å². The average molecular weight is 328 g/mol. The van der Waals surface area contributed by atoms with Crippen LogP contribution in [0.3, 0.4) is 0 Å².